The molecule has 1 aliphatic rings. The zero-order valence-corrected chi connectivity index (χ0v) is 17.8. The van der Waals surface area contributed by atoms with Crippen molar-refractivity contribution in [3.63, 3.8) is 0 Å². The minimum Gasteiger partial charge on any atom is -0.439 e. The molecule has 4 rings (SSSR count). The monoisotopic (exact) mass is 457 g/mol. The van der Waals surface area contributed by atoms with Crippen LogP contribution >= 0.6 is 0 Å². The van der Waals surface area contributed by atoms with Gasteiger partial charge in [0.1, 0.15) is 11.6 Å². The molecule has 10 heteroatoms. The van der Waals surface area contributed by atoms with Gasteiger partial charge in [-0.1, -0.05) is 0 Å². The summed E-state index contributed by atoms with van der Waals surface area (Å²) in [6.45, 7) is 3.78. The average molecular weight is 457 g/mol. The molecule has 3 heterocycles. The number of rotatable bonds is 5. The highest BCUT2D eigenvalue weighted by molar-refractivity contribution is 6.04. The van der Waals surface area contributed by atoms with Crippen molar-refractivity contribution in [3.05, 3.63) is 72.1 Å². The smallest absolute Gasteiger partial charge is 0.417 e. The van der Waals surface area contributed by atoms with Crippen molar-refractivity contribution in [2.75, 3.05) is 43.4 Å². The molecule has 172 valence electrons. The van der Waals surface area contributed by atoms with Crippen LogP contribution in [0.2, 0.25) is 0 Å². The number of ether oxygens (including phenoxy) is 1. The number of hydrogen-bond donors (Lipinski definition) is 1. The third-order valence-corrected chi connectivity index (χ3v) is 5.24. The maximum atomic E-state index is 12.6. The number of nitrogens with zero attached hydrogens (tertiary/aromatic N) is 4. The molecule has 0 spiro atoms. The Morgan fingerprint density at radius 3 is 2.24 bits per heavy atom. The van der Waals surface area contributed by atoms with Gasteiger partial charge in [0.25, 0.3) is 5.91 Å². The number of halogens is 3. The minimum atomic E-state index is -4.46. The first-order chi connectivity index (χ1) is 15.8. The molecule has 1 amide bonds. The Kier molecular flexibility index (Phi) is 6.45. The molecule has 0 saturated carbocycles. The lowest BCUT2D eigenvalue weighted by Crippen LogP contribution is -2.44. The lowest BCUT2D eigenvalue weighted by Gasteiger charge is -2.33. The maximum absolute atomic E-state index is 12.6. The van der Waals surface area contributed by atoms with Crippen LogP contribution in [0.25, 0.3) is 0 Å². The molecule has 0 bridgehead atoms. The van der Waals surface area contributed by atoms with Crippen LogP contribution in [0, 0.1) is 0 Å². The second-order valence-corrected chi connectivity index (χ2v) is 7.66. The zero-order valence-electron chi connectivity index (χ0n) is 17.8. The van der Waals surface area contributed by atoms with Gasteiger partial charge in [-0.2, -0.15) is 13.2 Å². The van der Waals surface area contributed by atoms with Gasteiger partial charge in [-0.15, -0.1) is 0 Å². The molecule has 3 aromatic rings. The van der Waals surface area contributed by atoms with E-state index in [0.717, 1.165) is 44.1 Å². The van der Waals surface area contributed by atoms with Crippen molar-refractivity contribution >= 4 is 17.4 Å². The van der Waals surface area contributed by atoms with Gasteiger partial charge < -0.3 is 19.9 Å². The Labute approximate surface area is 188 Å². The SMILES string of the molecule is CN1CCN(c2ccc(NC(=O)c3ccc(Oc4ccc(C(F)(F)F)cn4)cc3)cn2)CC1. The van der Waals surface area contributed by atoms with Crippen molar-refractivity contribution in [2.45, 2.75) is 6.18 Å². The number of likely N-dealkylation sites (N-methyl/N-ethyl adjacent to an activating group) is 1. The molecule has 1 N–H and O–H groups in total. The van der Waals surface area contributed by atoms with E-state index in [-0.39, 0.29) is 11.8 Å². The van der Waals surface area contributed by atoms with Crippen molar-refractivity contribution < 1.29 is 22.7 Å². The van der Waals surface area contributed by atoms with E-state index in [0.29, 0.717) is 23.2 Å². The van der Waals surface area contributed by atoms with Crippen LogP contribution in [0.3, 0.4) is 0 Å². The Balaban J connectivity index is 1.33. The Morgan fingerprint density at radius 1 is 0.939 bits per heavy atom. The molecule has 0 radical (unpaired) electrons. The van der Waals surface area contributed by atoms with E-state index >= 15 is 0 Å². The zero-order chi connectivity index (χ0) is 23.4. The summed E-state index contributed by atoms with van der Waals surface area (Å²) in [4.78, 5) is 25.1. The van der Waals surface area contributed by atoms with Crippen LogP contribution in [0.5, 0.6) is 11.6 Å². The molecule has 7 nitrogen and oxygen atoms in total. The van der Waals surface area contributed by atoms with Crippen LogP contribution in [-0.4, -0.2) is 54.0 Å². The van der Waals surface area contributed by atoms with Crippen LogP contribution < -0.4 is 15.0 Å². The first kappa shape index (κ1) is 22.5. The van der Waals surface area contributed by atoms with E-state index in [1.165, 1.54) is 0 Å². The topological polar surface area (TPSA) is 70.6 Å². The lowest BCUT2D eigenvalue weighted by molar-refractivity contribution is -0.137. The summed E-state index contributed by atoms with van der Waals surface area (Å²) in [5.74, 6) is 0.923. The van der Waals surface area contributed by atoms with Gasteiger partial charge in [-0.25, -0.2) is 9.97 Å². The van der Waals surface area contributed by atoms with Gasteiger partial charge in [0.05, 0.1) is 17.4 Å². The summed E-state index contributed by atoms with van der Waals surface area (Å²) < 4.78 is 43.3. The fourth-order valence-corrected chi connectivity index (χ4v) is 3.29. The highest BCUT2D eigenvalue weighted by Gasteiger charge is 2.30. The van der Waals surface area contributed by atoms with Crippen LogP contribution in [0.15, 0.2) is 60.9 Å². The summed E-state index contributed by atoms with van der Waals surface area (Å²) in [5, 5.41) is 2.80. The van der Waals surface area contributed by atoms with E-state index in [2.05, 4.69) is 32.1 Å². The van der Waals surface area contributed by atoms with Crippen LogP contribution in [-0.2, 0) is 6.18 Å². The number of pyridine rings is 2. The number of amides is 1. The summed E-state index contributed by atoms with van der Waals surface area (Å²) in [6, 6.07) is 11.9. The summed E-state index contributed by atoms with van der Waals surface area (Å²) in [7, 11) is 2.09. The molecule has 33 heavy (non-hydrogen) atoms. The first-order valence-corrected chi connectivity index (χ1v) is 10.3. The number of anilines is 2. The molecular weight excluding hydrogens is 435 g/mol. The van der Waals surface area contributed by atoms with Gasteiger partial charge in [-0.05, 0) is 49.5 Å². The molecule has 1 aliphatic heterocycles. The van der Waals surface area contributed by atoms with Crippen molar-refractivity contribution in [1.82, 2.24) is 14.9 Å². The van der Waals surface area contributed by atoms with Crippen LogP contribution in [0.1, 0.15) is 15.9 Å². The standard InChI is InChI=1S/C23H22F3N5O2/c1-30-10-12-31(13-11-30)20-8-5-18(15-27-20)29-22(32)16-2-6-19(7-3-16)33-21-9-4-17(14-28-21)23(24,25)26/h2-9,14-15H,10-13H2,1H3,(H,29,32). The van der Waals surface area contributed by atoms with E-state index in [4.69, 9.17) is 4.74 Å². The third kappa shape index (κ3) is 5.78. The molecule has 2 aromatic heterocycles. The van der Waals surface area contributed by atoms with E-state index in [1.807, 2.05) is 12.1 Å². The number of benzene rings is 1. The fourth-order valence-electron chi connectivity index (χ4n) is 3.29. The van der Waals surface area contributed by atoms with Gasteiger partial charge >= 0.3 is 6.18 Å². The number of carbonyl (C=O) groups is 1. The van der Waals surface area contributed by atoms with Crippen molar-refractivity contribution in [3.8, 4) is 11.6 Å². The molecular formula is C23H22F3N5O2. The average Bonchev–Trinajstić information content (AvgIpc) is 2.80. The Hall–Kier alpha value is -3.66. The van der Waals surface area contributed by atoms with Gasteiger partial charge in [0.2, 0.25) is 5.88 Å². The molecule has 1 aromatic carbocycles. The van der Waals surface area contributed by atoms with Gasteiger partial charge in [0.15, 0.2) is 0 Å². The quantitative estimate of drug-likeness (QED) is 0.617. The molecule has 0 unspecified atom stereocenters. The number of carbonyl (C=O) groups excluding carboxylic acids is 1. The largest absolute Gasteiger partial charge is 0.439 e. The van der Waals surface area contributed by atoms with Crippen molar-refractivity contribution in [1.29, 1.82) is 0 Å². The molecule has 1 fully saturated rings. The number of piperazine rings is 1. The molecule has 0 atom stereocenters. The van der Waals surface area contributed by atoms with Gasteiger partial charge in [-0.3, -0.25) is 4.79 Å². The molecule has 0 aliphatic carbocycles. The lowest BCUT2D eigenvalue weighted by atomic mass is 10.2. The summed E-state index contributed by atoms with van der Waals surface area (Å²) in [6.07, 6.45) is -2.12. The summed E-state index contributed by atoms with van der Waals surface area (Å²) >= 11 is 0. The Bertz CT molecular complexity index is 1080. The van der Waals surface area contributed by atoms with Crippen molar-refractivity contribution in [2.24, 2.45) is 0 Å². The normalized spacial score (nSPS) is 14.7. The summed E-state index contributed by atoms with van der Waals surface area (Å²) in [5.41, 5.74) is 0.117. The first-order valence-electron chi connectivity index (χ1n) is 10.3. The van der Waals surface area contributed by atoms with E-state index < -0.39 is 11.7 Å². The number of hydrogen-bond acceptors (Lipinski definition) is 6. The highest BCUT2D eigenvalue weighted by atomic mass is 19.4. The van der Waals surface area contributed by atoms with Gasteiger partial charge in [0, 0.05) is 44.0 Å². The number of alkyl halides is 3. The predicted octanol–water partition coefficient (Wildman–Crippen LogP) is 4.29. The number of nitrogens with one attached hydrogen (secondary N) is 1. The second kappa shape index (κ2) is 9.45. The van der Waals surface area contributed by atoms with Crippen LogP contribution in [0.4, 0.5) is 24.7 Å². The number of aromatic nitrogens is 2. The third-order valence-electron chi connectivity index (χ3n) is 5.24. The fraction of sp³-hybridized carbons (Fsp3) is 0.261. The molecule has 1 saturated heterocycles. The predicted molar refractivity (Wildman–Crippen MR) is 118 cm³/mol. The van der Waals surface area contributed by atoms with E-state index in [1.54, 1.807) is 30.5 Å². The maximum Gasteiger partial charge on any atom is 0.417 e. The van der Waals surface area contributed by atoms with E-state index in [9.17, 15) is 18.0 Å². The minimum absolute atomic E-state index is 0.0201. The Morgan fingerprint density at radius 2 is 1.67 bits per heavy atom. The second-order valence-electron chi connectivity index (χ2n) is 7.66. The highest BCUT2D eigenvalue weighted by Crippen LogP contribution is 2.30.